The average Bonchev–Trinajstić information content (AvgIpc) is 3.07. The second-order valence-electron chi connectivity index (χ2n) is 5.89. The Bertz CT molecular complexity index is 1000. The van der Waals surface area contributed by atoms with Gasteiger partial charge in [-0.25, -0.2) is 4.98 Å². The van der Waals surface area contributed by atoms with Crippen LogP contribution >= 0.6 is 0 Å². The van der Waals surface area contributed by atoms with Crippen molar-refractivity contribution in [3.05, 3.63) is 54.1 Å². The highest BCUT2D eigenvalue weighted by atomic mass is 19.3. The molecule has 3 rings (SSSR count). The lowest BCUT2D eigenvalue weighted by atomic mass is 10.1. The smallest absolute Gasteiger partial charge is 0.320 e. The van der Waals surface area contributed by atoms with E-state index in [1.807, 2.05) is 6.07 Å². The molecule has 0 amide bonds. The second-order valence-corrected chi connectivity index (χ2v) is 5.89. The standard InChI is InChI=1S/C18H18F2N6O/c1-10(21)16(25-22)12-7-14-17(26(9-24-14)18(19)20)15(8-12)27-11(2)13-5-3-4-6-23-13/h3-9,11,18,21H,22H2,1-2H3/b21-10?,25-16+/t11-/m1/s1. The number of alkyl halides is 2. The van der Waals surface area contributed by atoms with Gasteiger partial charge in [0.1, 0.15) is 29.4 Å². The number of aromatic nitrogens is 3. The summed E-state index contributed by atoms with van der Waals surface area (Å²) in [4.78, 5) is 8.27. The highest BCUT2D eigenvalue weighted by Gasteiger charge is 2.21. The summed E-state index contributed by atoms with van der Waals surface area (Å²) in [5.41, 5.74) is 1.90. The zero-order valence-electron chi connectivity index (χ0n) is 14.7. The largest absolute Gasteiger partial charge is 0.482 e. The van der Waals surface area contributed by atoms with Gasteiger partial charge in [-0.15, -0.1) is 0 Å². The van der Waals surface area contributed by atoms with Crippen LogP contribution in [0.2, 0.25) is 0 Å². The summed E-state index contributed by atoms with van der Waals surface area (Å²) in [5.74, 6) is 5.58. The SMILES string of the molecule is CC(=N)/C(=N\N)c1cc(O[C@H](C)c2ccccn2)c2c(c1)ncn2C(F)F. The van der Waals surface area contributed by atoms with E-state index in [9.17, 15) is 8.78 Å². The molecule has 140 valence electrons. The average molecular weight is 372 g/mol. The Balaban J connectivity index is 2.15. The molecule has 0 radical (unpaired) electrons. The fourth-order valence-corrected chi connectivity index (χ4v) is 2.76. The predicted octanol–water partition coefficient (Wildman–Crippen LogP) is 3.67. The Hall–Kier alpha value is -3.36. The number of halogens is 2. The lowest BCUT2D eigenvalue weighted by Gasteiger charge is -2.17. The van der Waals surface area contributed by atoms with Gasteiger partial charge in [-0.05, 0) is 38.1 Å². The molecule has 0 saturated carbocycles. The lowest BCUT2D eigenvalue weighted by Crippen LogP contribution is -2.14. The van der Waals surface area contributed by atoms with Crippen LogP contribution in [0.3, 0.4) is 0 Å². The van der Waals surface area contributed by atoms with Gasteiger partial charge in [-0.2, -0.15) is 13.9 Å². The van der Waals surface area contributed by atoms with Crippen LogP contribution in [0.5, 0.6) is 5.75 Å². The molecule has 0 aliphatic rings. The molecule has 0 bridgehead atoms. The van der Waals surface area contributed by atoms with E-state index in [-0.39, 0.29) is 22.7 Å². The van der Waals surface area contributed by atoms with Crippen LogP contribution in [0, 0.1) is 5.41 Å². The van der Waals surface area contributed by atoms with Crippen LogP contribution in [0.4, 0.5) is 8.78 Å². The Kier molecular flexibility index (Phi) is 5.11. The Morgan fingerprint density at radius 1 is 1.30 bits per heavy atom. The van der Waals surface area contributed by atoms with E-state index in [1.54, 1.807) is 31.3 Å². The number of ether oxygens (including phenoxy) is 1. The maximum Gasteiger partial charge on any atom is 0.320 e. The highest BCUT2D eigenvalue weighted by Crippen LogP contribution is 2.33. The fourth-order valence-electron chi connectivity index (χ4n) is 2.76. The van der Waals surface area contributed by atoms with Crippen molar-refractivity contribution in [1.29, 1.82) is 5.41 Å². The summed E-state index contributed by atoms with van der Waals surface area (Å²) >= 11 is 0. The summed E-state index contributed by atoms with van der Waals surface area (Å²) in [6, 6.07) is 8.46. The number of nitrogens with two attached hydrogens (primary N) is 1. The van der Waals surface area contributed by atoms with Gasteiger partial charge in [0.2, 0.25) is 0 Å². The predicted molar refractivity (Wildman–Crippen MR) is 98.4 cm³/mol. The zero-order chi connectivity index (χ0) is 19.6. The normalized spacial score (nSPS) is 13.1. The Labute approximate surface area is 154 Å². The highest BCUT2D eigenvalue weighted by molar-refractivity contribution is 6.46. The minimum absolute atomic E-state index is 0.133. The minimum Gasteiger partial charge on any atom is -0.482 e. The number of imidazole rings is 1. The third kappa shape index (κ3) is 3.62. The molecule has 0 unspecified atom stereocenters. The molecule has 2 heterocycles. The Morgan fingerprint density at radius 3 is 2.67 bits per heavy atom. The number of rotatable bonds is 6. The number of hydrogen-bond acceptors (Lipinski definition) is 6. The van der Waals surface area contributed by atoms with Crippen LogP contribution in [-0.2, 0) is 0 Å². The molecule has 3 aromatic rings. The van der Waals surface area contributed by atoms with Crippen LogP contribution in [-0.4, -0.2) is 26.0 Å². The molecular weight excluding hydrogens is 354 g/mol. The fraction of sp³-hybridized carbons (Fsp3) is 0.222. The van der Waals surface area contributed by atoms with E-state index in [0.29, 0.717) is 16.8 Å². The number of nitrogens with one attached hydrogen (secondary N) is 1. The maximum absolute atomic E-state index is 13.4. The molecule has 27 heavy (non-hydrogen) atoms. The number of benzene rings is 1. The maximum atomic E-state index is 13.4. The molecule has 9 heteroatoms. The van der Waals surface area contributed by atoms with Crippen molar-refractivity contribution in [3.8, 4) is 5.75 Å². The molecule has 1 aromatic carbocycles. The van der Waals surface area contributed by atoms with Gasteiger partial charge in [0.15, 0.2) is 0 Å². The first-order chi connectivity index (χ1) is 12.9. The van der Waals surface area contributed by atoms with Gasteiger partial charge in [-0.1, -0.05) is 6.07 Å². The quantitative estimate of drug-likeness (QED) is 0.391. The van der Waals surface area contributed by atoms with E-state index in [4.69, 9.17) is 16.0 Å². The van der Waals surface area contributed by atoms with Crippen LogP contribution in [0.15, 0.2) is 48.0 Å². The van der Waals surface area contributed by atoms with Crippen molar-refractivity contribution in [2.24, 2.45) is 10.9 Å². The zero-order valence-corrected chi connectivity index (χ0v) is 14.7. The molecule has 0 saturated heterocycles. The first-order valence-electron chi connectivity index (χ1n) is 8.12. The molecule has 0 spiro atoms. The molecule has 0 aliphatic heterocycles. The monoisotopic (exact) mass is 372 g/mol. The first kappa shape index (κ1) is 18.4. The molecule has 1 atom stereocenters. The third-order valence-corrected chi connectivity index (χ3v) is 4.01. The van der Waals surface area contributed by atoms with Gasteiger partial charge in [0.25, 0.3) is 0 Å². The van der Waals surface area contributed by atoms with Crippen molar-refractivity contribution in [3.63, 3.8) is 0 Å². The Morgan fingerprint density at radius 2 is 2.07 bits per heavy atom. The van der Waals surface area contributed by atoms with E-state index in [0.717, 1.165) is 10.9 Å². The van der Waals surface area contributed by atoms with Crippen molar-refractivity contribution < 1.29 is 13.5 Å². The summed E-state index contributed by atoms with van der Waals surface area (Å²) in [5, 5.41) is 11.4. The molecule has 0 aliphatic carbocycles. The van der Waals surface area contributed by atoms with Crippen molar-refractivity contribution in [2.75, 3.05) is 0 Å². The summed E-state index contributed by atoms with van der Waals surface area (Å²) < 4.78 is 33.5. The number of fused-ring (bicyclic) bond motifs is 1. The van der Waals surface area contributed by atoms with Crippen LogP contribution in [0.1, 0.15) is 37.8 Å². The third-order valence-electron chi connectivity index (χ3n) is 4.01. The number of pyridine rings is 1. The van der Waals surface area contributed by atoms with Gasteiger partial charge in [0.05, 0.1) is 16.9 Å². The van der Waals surface area contributed by atoms with E-state index in [1.165, 1.54) is 13.0 Å². The number of nitrogens with zero attached hydrogens (tertiary/aromatic N) is 4. The van der Waals surface area contributed by atoms with Gasteiger partial charge in [0, 0.05) is 11.8 Å². The van der Waals surface area contributed by atoms with Crippen molar-refractivity contribution in [1.82, 2.24) is 14.5 Å². The van der Waals surface area contributed by atoms with Gasteiger partial charge >= 0.3 is 6.55 Å². The molecule has 0 fully saturated rings. The van der Waals surface area contributed by atoms with Crippen LogP contribution in [0.25, 0.3) is 11.0 Å². The van der Waals surface area contributed by atoms with Gasteiger partial charge < -0.3 is 16.0 Å². The summed E-state index contributed by atoms with van der Waals surface area (Å²) in [7, 11) is 0. The molecule has 7 nitrogen and oxygen atoms in total. The van der Waals surface area contributed by atoms with Gasteiger partial charge in [-0.3, -0.25) is 9.55 Å². The van der Waals surface area contributed by atoms with E-state index < -0.39 is 12.7 Å². The van der Waals surface area contributed by atoms with Crippen molar-refractivity contribution >= 4 is 22.5 Å². The molecular formula is C18H18F2N6O. The summed E-state index contributed by atoms with van der Waals surface area (Å²) in [6.45, 7) is 0.523. The first-order valence-corrected chi connectivity index (χ1v) is 8.12. The van der Waals surface area contributed by atoms with Crippen LogP contribution < -0.4 is 10.6 Å². The summed E-state index contributed by atoms with van der Waals surface area (Å²) in [6.07, 6.45) is 2.18. The minimum atomic E-state index is -2.78. The number of hydrazone groups is 1. The molecule has 3 N–H and O–H groups in total. The van der Waals surface area contributed by atoms with E-state index >= 15 is 0 Å². The topological polar surface area (TPSA) is 102 Å². The lowest BCUT2D eigenvalue weighted by molar-refractivity contribution is 0.0737. The number of hydrogen-bond donors (Lipinski definition) is 2. The molecule has 2 aromatic heterocycles. The second kappa shape index (κ2) is 7.48. The van der Waals surface area contributed by atoms with Crippen molar-refractivity contribution in [2.45, 2.75) is 26.5 Å². The van der Waals surface area contributed by atoms with E-state index in [2.05, 4.69) is 15.1 Å².